The molecule has 5 nitrogen and oxygen atoms in total. The van der Waals surface area contributed by atoms with Crippen molar-refractivity contribution >= 4 is 94.6 Å². The molecule has 0 spiro atoms. The molecular weight excluding hydrogens is 999 g/mol. The van der Waals surface area contributed by atoms with Crippen LogP contribution in [0.15, 0.2) is 217 Å². The van der Waals surface area contributed by atoms with Crippen LogP contribution >= 0.6 is 0 Å². The van der Waals surface area contributed by atoms with Crippen LogP contribution in [0.3, 0.4) is 0 Å². The van der Waals surface area contributed by atoms with Gasteiger partial charge in [0, 0.05) is 50.5 Å². The van der Waals surface area contributed by atoms with Crippen LogP contribution < -0.4 is 9.80 Å². The summed E-state index contributed by atoms with van der Waals surface area (Å²) in [4.78, 5) is 4.64. The minimum Gasteiger partial charge on any atom is -0.505 e. The molecule has 0 bridgehead atoms. The first-order valence-electron chi connectivity index (χ1n) is 29.1. The molecule has 1 aliphatic rings. The number of hydrogen-bond donors (Lipinski definition) is 2. The van der Waals surface area contributed by atoms with E-state index in [1.54, 1.807) is 0 Å². The van der Waals surface area contributed by atoms with E-state index in [-0.39, 0.29) is 5.75 Å². The van der Waals surface area contributed by atoms with E-state index in [0.29, 0.717) is 23.9 Å². The molecule has 1 saturated carbocycles. The first-order valence-corrected chi connectivity index (χ1v) is 29.1. The largest absolute Gasteiger partial charge is 0.505 e. The lowest BCUT2D eigenvalue weighted by Crippen LogP contribution is -2.12. The zero-order valence-corrected chi connectivity index (χ0v) is 47.4. The Hall–Kier alpha value is -9.45. The van der Waals surface area contributed by atoms with Crippen LogP contribution in [-0.4, -0.2) is 11.3 Å². The predicted molar refractivity (Wildman–Crippen MR) is 347 cm³/mol. The third-order valence-electron chi connectivity index (χ3n) is 17.9. The quantitative estimate of drug-likeness (QED) is 0.0841. The number of fused-ring (bicyclic) bond motifs is 3. The van der Waals surface area contributed by atoms with Gasteiger partial charge >= 0.3 is 0 Å². The van der Waals surface area contributed by atoms with Gasteiger partial charge in [0.25, 0.3) is 0 Å². The monoisotopic (exact) mass is 1060 g/mol. The lowest BCUT2D eigenvalue weighted by Gasteiger charge is -2.30. The number of nitrogens with one attached hydrogen (secondary N) is 1. The number of benzene rings is 12. The number of phenols is 1. The summed E-state index contributed by atoms with van der Waals surface area (Å²) in [7, 11) is 0. The van der Waals surface area contributed by atoms with Crippen molar-refractivity contribution in [3.8, 4) is 39.1 Å². The van der Waals surface area contributed by atoms with Crippen molar-refractivity contribution in [2.75, 3.05) is 9.80 Å². The Morgan fingerprint density at radius 2 is 1.02 bits per heavy atom. The summed E-state index contributed by atoms with van der Waals surface area (Å²) in [6.45, 7) is 13.3. The number of hydrogen-bond acceptors (Lipinski definition) is 5. The van der Waals surface area contributed by atoms with E-state index in [1.165, 1.54) is 52.4 Å². The van der Waals surface area contributed by atoms with E-state index >= 15 is 0 Å². The highest BCUT2D eigenvalue weighted by Gasteiger charge is 2.32. The van der Waals surface area contributed by atoms with Gasteiger partial charge in [0.05, 0.1) is 22.7 Å². The normalized spacial score (nSPS) is 13.1. The van der Waals surface area contributed by atoms with E-state index in [9.17, 15) is 5.11 Å². The number of aryl methyl sites for hydroxylation is 3. The smallest absolute Gasteiger partial charge is 0.159 e. The Labute approximate surface area is 480 Å². The lowest BCUT2D eigenvalue weighted by molar-refractivity contribution is 0.478. The summed E-state index contributed by atoms with van der Waals surface area (Å²) in [5.74, 6) is 1.76. The van der Waals surface area contributed by atoms with Gasteiger partial charge in [-0.15, -0.1) is 0 Å². The van der Waals surface area contributed by atoms with Gasteiger partial charge in [-0.3, -0.25) is 0 Å². The minimum atomic E-state index is 0.212. The topological polar surface area (TPSA) is 63.7 Å². The number of anilines is 6. The van der Waals surface area contributed by atoms with Crippen LogP contribution in [0.1, 0.15) is 78.8 Å². The maximum absolute atomic E-state index is 12.9. The third kappa shape index (κ3) is 8.48. The molecule has 400 valence electrons. The first-order chi connectivity index (χ1) is 40.0. The van der Waals surface area contributed by atoms with Crippen molar-refractivity contribution in [2.24, 2.45) is 5.92 Å². The van der Waals surface area contributed by atoms with Crippen LogP contribution in [0.2, 0.25) is 0 Å². The predicted octanol–water partition coefficient (Wildman–Crippen LogP) is 21.9. The Morgan fingerprint density at radius 3 is 1.70 bits per heavy atom. The van der Waals surface area contributed by atoms with Crippen LogP contribution in [0, 0.1) is 32.1 Å². The van der Waals surface area contributed by atoms with Gasteiger partial charge < -0.3 is 24.7 Å². The van der Waals surface area contributed by atoms with Gasteiger partial charge in [0.15, 0.2) is 5.58 Å². The molecule has 1 fully saturated rings. The van der Waals surface area contributed by atoms with E-state index in [0.717, 1.165) is 122 Å². The molecule has 1 atom stereocenters. The number of rotatable bonds is 14. The van der Waals surface area contributed by atoms with E-state index in [2.05, 4.69) is 252 Å². The van der Waals surface area contributed by atoms with Gasteiger partial charge in [-0.1, -0.05) is 178 Å². The fourth-order valence-corrected chi connectivity index (χ4v) is 13.2. The van der Waals surface area contributed by atoms with Crippen LogP contribution in [0.4, 0.5) is 34.1 Å². The highest BCUT2D eigenvalue weighted by atomic mass is 16.3. The third-order valence-corrected chi connectivity index (χ3v) is 17.9. The summed E-state index contributed by atoms with van der Waals surface area (Å²) in [5, 5.41) is 29.8. The molecule has 0 saturated heterocycles. The molecule has 1 aromatic heterocycles. The summed E-state index contributed by atoms with van der Waals surface area (Å²) >= 11 is 0. The maximum atomic E-state index is 12.9. The minimum absolute atomic E-state index is 0.212. The fraction of sp³-hybridized carbons (Fsp3) is 0.156. The van der Waals surface area contributed by atoms with E-state index < -0.39 is 0 Å². The highest BCUT2D eigenvalue weighted by Crippen LogP contribution is 2.53. The first kappa shape index (κ1) is 50.7. The van der Waals surface area contributed by atoms with Gasteiger partial charge in [-0.2, -0.15) is 0 Å². The van der Waals surface area contributed by atoms with Gasteiger partial charge in [-0.05, 0) is 189 Å². The van der Waals surface area contributed by atoms with Crippen molar-refractivity contribution in [3.05, 3.63) is 246 Å². The van der Waals surface area contributed by atoms with Gasteiger partial charge in [0.1, 0.15) is 11.3 Å². The lowest BCUT2D eigenvalue weighted by atomic mass is 9.88. The van der Waals surface area contributed by atoms with Crippen LogP contribution in [-0.2, 0) is 6.42 Å². The molecule has 0 aliphatic heterocycles. The molecular formula is C77H65N3O2. The second-order valence-electron chi connectivity index (χ2n) is 23.2. The number of aromatic hydroxyl groups is 1. The zero-order chi connectivity index (χ0) is 55.9. The molecule has 1 heterocycles. The van der Waals surface area contributed by atoms with Crippen LogP contribution in [0.5, 0.6) is 5.75 Å². The molecule has 82 heavy (non-hydrogen) atoms. The molecule has 13 aromatic rings. The zero-order valence-electron chi connectivity index (χ0n) is 47.4. The molecule has 12 aromatic carbocycles. The van der Waals surface area contributed by atoms with Crippen molar-refractivity contribution in [2.45, 2.75) is 72.6 Å². The Bertz CT molecular complexity index is 4650. The molecule has 2 N–H and O–H groups in total. The Balaban J connectivity index is 0.968. The molecule has 14 rings (SSSR count). The van der Waals surface area contributed by atoms with Crippen molar-refractivity contribution in [1.82, 2.24) is 0 Å². The second-order valence-corrected chi connectivity index (χ2v) is 23.2. The fourth-order valence-electron chi connectivity index (χ4n) is 13.2. The average molecular weight is 1060 g/mol. The van der Waals surface area contributed by atoms with Gasteiger partial charge in [0.2, 0.25) is 0 Å². The Morgan fingerprint density at radius 1 is 0.476 bits per heavy atom. The molecule has 1 unspecified atom stereocenters. The summed E-state index contributed by atoms with van der Waals surface area (Å²) < 4.78 is 7.35. The number of para-hydroxylation sites is 3. The van der Waals surface area contributed by atoms with E-state index in [1.807, 2.05) is 12.1 Å². The highest BCUT2D eigenvalue weighted by molar-refractivity contribution is 6.28. The standard InChI is InChI=1S/C77H65N3O2/c1-46(2)59-17-7-9-19-61(59)55-15-11-16-56(45-55)62-21-13-25-71(75(62)81)79(57-35-27-47(3)48(4)43-57)69-39-33-53-32-38-68-70(40-34-54-31-37-67(69)73(53)74(54)68)80(58-36-30-51(41-42-78)49(5)44-58)72-26-14-24-66-65-23-12-22-64(76(65)82-77(66)72)63-20-10-8-18-60(63)50(6)52-28-29-52/h7-27,30-40,42-46,50,52,78,81H,28-29,41H2,1-6H3. The summed E-state index contributed by atoms with van der Waals surface area (Å²) in [5.41, 5.74) is 21.0. The second kappa shape index (κ2) is 20.3. The van der Waals surface area contributed by atoms with Crippen molar-refractivity contribution < 1.29 is 9.52 Å². The Kier molecular flexibility index (Phi) is 12.5. The number of phenolic OH excluding ortho intramolecular Hbond substituents is 1. The number of nitrogens with zero attached hydrogens (tertiary/aromatic N) is 2. The summed E-state index contributed by atoms with van der Waals surface area (Å²) in [6, 6.07) is 76.8. The van der Waals surface area contributed by atoms with Crippen LogP contribution in [0.25, 0.3) is 87.6 Å². The number of furan rings is 1. The van der Waals surface area contributed by atoms with E-state index in [4.69, 9.17) is 9.83 Å². The molecule has 0 radical (unpaired) electrons. The molecule has 0 amide bonds. The van der Waals surface area contributed by atoms with Crippen molar-refractivity contribution in [1.29, 1.82) is 5.41 Å². The summed E-state index contributed by atoms with van der Waals surface area (Å²) in [6.07, 6.45) is 4.62. The maximum Gasteiger partial charge on any atom is 0.159 e. The average Bonchev–Trinajstić information content (AvgIpc) is 1.72. The SMILES string of the molecule is Cc1ccc(N(c2cccc(-c3cccc(-c4ccccc4C(C)C)c3)c2O)c2ccc3ccc4c(N(c5ccc(CC=N)c(C)c5)c5cccc6c5oc5c(-c7ccccc7C(C)C7CC7)cccc56)ccc5ccc2c3c54)cc1C. The van der Waals surface area contributed by atoms with Crippen molar-refractivity contribution in [3.63, 3.8) is 0 Å². The van der Waals surface area contributed by atoms with Gasteiger partial charge in [-0.25, -0.2) is 0 Å². The molecule has 5 heteroatoms. The molecule has 1 aliphatic carbocycles.